The molecule has 2 atom stereocenters. The van der Waals surface area contributed by atoms with Crippen molar-refractivity contribution < 1.29 is 9.53 Å². The van der Waals surface area contributed by atoms with Crippen LogP contribution in [0.3, 0.4) is 0 Å². The molecule has 3 rings (SSSR count). The van der Waals surface area contributed by atoms with Gasteiger partial charge in [-0.3, -0.25) is 4.79 Å². The summed E-state index contributed by atoms with van der Waals surface area (Å²) in [6, 6.07) is 18.1. The fraction of sp³-hybridized carbons (Fsp3) is 0.350. The SMILES string of the molecule is C[C@@H](Nc1ccccc1NC(=O)[C@H]1CN(C)CCO1)c1ccccc1. The second-order valence-corrected chi connectivity index (χ2v) is 6.43. The number of carbonyl (C=O) groups is 1. The number of benzene rings is 2. The molecule has 0 aromatic heterocycles. The standard InChI is InChI=1S/C20H25N3O2/c1-15(16-8-4-3-5-9-16)21-17-10-6-7-11-18(17)22-20(24)19-14-23(2)12-13-25-19/h3-11,15,19,21H,12-14H2,1-2H3,(H,22,24)/t15-,19-/m1/s1. The van der Waals surface area contributed by atoms with Gasteiger partial charge >= 0.3 is 0 Å². The zero-order valence-electron chi connectivity index (χ0n) is 14.7. The highest BCUT2D eigenvalue weighted by molar-refractivity contribution is 5.97. The van der Waals surface area contributed by atoms with Crippen LogP contribution in [0.4, 0.5) is 11.4 Å². The van der Waals surface area contributed by atoms with Crippen molar-refractivity contribution in [3.05, 3.63) is 60.2 Å². The molecule has 0 saturated carbocycles. The molecule has 2 N–H and O–H groups in total. The molecule has 25 heavy (non-hydrogen) atoms. The molecular weight excluding hydrogens is 314 g/mol. The fourth-order valence-corrected chi connectivity index (χ4v) is 2.93. The van der Waals surface area contributed by atoms with Gasteiger partial charge in [-0.1, -0.05) is 42.5 Å². The van der Waals surface area contributed by atoms with Gasteiger partial charge in [0.2, 0.25) is 0 Å². The lowest BCUT2D eigenvalue weighted by atomic mass is 10.1. The molecule has 1 aliphatic rings. The van der Waals surface area contributed by atoms with Crippen molar-refractivity contribution in [2.45, 2.75) is 19.1 Å². The van der Waals surface area contributed by atoms with E-state index in [0.717, 1.165) is 17.9 Å². The number of morpholine rings is 1. The maximum absolute atomic E-state index is 12.5. The predicted molar refractivity (Wildman–Crippen MR) is 101 cm³/mol. The van der Waals surface area contributed by atoms with Crippen molar-refractivity contribution in [1.82, 2.24) is 4.90 Å². The van der Waals surface area contributed by atoms with Gasteiger partial charge in [-0.15, -0.1) is 0 Å². The second-order valence-electron chi connectivity index (χ2n) is 6.43. The van der Waals surface area contributed by atoms with Crippen molar-refractivity contribution in [2.24, 2.45) is 0 Å². The lowest BCUT2D eigenvalue weighted by Crippen LogP contribution is -2.46. The minimum absolute atomic E-state index is 0.104. The Balaban J connectivity index is 1.69. The molecule has 1 heterocycles. The van der Waals surface area contributed by atoms with E-state index in [1.165, 1.54) is 5.56 Å². The number of rotatable bonds is 5. The first-order valence-corrected chi connectivity index (χ1v) is 8.65. The van der Waals surface area contributed by atoms with Crippen LogP contribution in [0.2, 0.25) is 0 Å². The number of carbonyl (C=O) groups excluding carboxylic acids is 1. The Kier molecular flexibility index (Phi) is 5.68. The van der Waals surface area contributed by atoms with Crippen molar-refractivity contribution >= 4 is 17.3 Å². The Morgan fingerprint density at radius 2 is 1.80 bits per heavy atom. The van der Waals surface area contributed by atoms with Crippen LogP contribution in [0.15, 0.2) is 54.6 Å². The van der Waals surface area contributed by atoms with Crippen LogP contribution in [-0.4, -0.2) is 43.7 Å². The van der Waals surface area contributed by atoms with E-state index in [4.69, 9.17) is 4.74 Å². The third-order valence-electron chi connectivity index (χ3n) is 4.42. The van der Waals surface area contributed by atoms with Crippen molar-refractivity contribution in [2.75, 3.05) is 37.4 Å². The van der Waals surface area contributed by atoms with Crippen LogP contribution in [0.5, 0.6) is 0 Å². The van der Waals surface area contributed by atoms with Crippen LogP contribution >= 0.6 is 0 Å². The Hall–Kier alpha value is -2.37. The van der Waals surface area contributed by atoms with Gasteiger partial charge in [-0.05, 0) is 31.7 Å². The molecule has 1 aliphatic heterocycles. The molecule has 0 bridgehead atoms. The average Bonchev–Trinajstić information content (AvgIpc) is 2.64. The largest absolute Gasteiger partial charge is 0.377 e. The zero-order valence-corrected chi connectivity index (χ0v) is 14.7. The number of ether oxygens (including phenoxy) is 1. The molecule has 2 aromatic carbocycles. The minimum atomic E-state index is -0.432. The first-order chi connectivity index (χ1) is 12.1. The third-order valence-corrected chi connectivity index (χ3v) is 4.42. The summed E-state index contributed by atoms with van der Waals surface area (Å²) in [6.07, 6.45) is -0.432. The van der Waals surface area contributed by atoms with E-state index in [2.05, 4.69) is 34.6 Å². The monoisotopic (exact) mass is 339 g/mol. The van der Waals surface area contributed by atoms with E-state index in [0.29, 0.717) is 13.2 Å². The van der Waals surface area contributed by atoms with Gasteiger partial charge in [0.05, 0.1) is 18.0 Å². The molecule has 5 nitrogen and oxygen atoms in total. The fourth-order valence-electron chi connectivity index (χ4n) is 2.93. The first kappa shape index (κ1) is 17.5. The Morgan fingerprint density at radius 3 is 2.52 bits per heavy atom. The van der Waals surface area contributed by atoms with Crippen LogP contribution in [0, 0.1) is 0 Å². The van der Waals surface area contributed by atoms with Gasteiger partial charge in [0, 0.05) is 19.1 Å². The van der Waals surface area contributed by atoms with Crippen molar-refractivity contribution in [3.8, 4) is 0 Å². The summed E-state index contributed by atoms with van der Waals surface area (Å²) in [4.78, 5) is 14.6. The average molecular weight is 339 g/mol. The molecule has 0 aliphatic carbocycles. The van der Waals surface area contributed by atoms with Gasteiger partial charge in [-0.25, -0.2) is 0 Å². The number of hydrogen-bond donors (Lipinski definition) is 2. The summed E-state index contributed by atoms with van der Waals surface area (Å²) >= 11 is 0. The quantitative estimate of drug-likeness (QED) is 0.879. The second kappa shape index (κ2) is 8.14. The summed E-state index contributed by atoms with van der Waals surface area (Å²) in [6.45, 7) is 4.16. The van der Waals surface area contributed by atoms with E-state index >= 15 is 0 Å². The molecule has 0 radical (unpaired) electrons. The van der Waals surface area contributed by atoms with Crippen molar-refractivity contribution in [1.29, 1.82) is 0 Å². The van der Waals surface area contributed by atoms with E-state index in [1.54, 1.807) is 0 Å². The Labute approximate surface area is 149 Å². The molecular formula is C20H25N3O2. The summed E-state index contributed by atoms with van der Waals surface area (Å²) < 4.78 is 5.60. The molecule has 5 heteroatoms. The van der Waals surface area contributed by atoms with E-state index < -0.39 is 6.10 Å². The van der Waals surface area contributed by atoms with E-state index in [-0.39, 0.29) is 11.9 Å². The molecule has 1 amide bonds. The lowest BCUT2D eigenvalue weighted by Gasteiger charge is -2.29. The third kappa shape index (κ3) is 4.59. The van der Waals surface area contributed by atoms with Crippen LogP contribution in [0.25, 0.3) is 0 Å². The molecule has 1 saturated heterocycles. The summed E-state index contributed by atoms with van der Waals surface area (Å²) in [5, 5.41) is 6.48. The number of likely N-dealkylation sites (N-methyl/N-ethyl adjacent to an activating group) is 1. The van der Waals surface area contributed by atoms with Crippen LogP contribution < -0.4 is 10.6 Å². The zero-order chi connectivity index (χ0) is 17.6. The van der Waals surface area contributed by atoms with Gasteiger partial charge < -0.3 is 20.3 Å². The Bertz CT molecular complexity index is 705. The first-order valence-electron chi connectivity index (χ1n) is 8.65. The minimum Gasteiger partial charge on any atom is -0.377 e. The van der Waals surface area contributed by atoms with Gasteiger partial charge in [0.25, 0.3) is 5.91 Å². The molecule has 132 valence electrons. The number of amides is 1. The highest BCUT2D eigenvalue weighted by Gasteiger charge is 2.25. The molecule has 2 aromatic rings. The van der Waals surface area contributed by atoms with E-state index in [1.807, 2.05) is 49.5 Å². The summed E-state index contributed by atoms with van der Waals surface area (Å²) in [5.41, 5.74) is 2.87. The normalized spacial score (nSPS) is 19.2. The summed E-state index contributed by atoms with van der Waals surface area (Å²) in [5.74, 6) is -0.104. The van der Waals surface area contributed by atoms with Crippen LogP contribution in [0.1, 0.15) is 18.5 Å². The number of hydrogen-bond acceptors (Lipinski definition) is 4. The van der Waals surface area contributed by atoms with Gasteiger partial charge in [0.15, 0.2) is 0 Å². The predicted octanol–water partition coefficient (Wildman–Crippen LogP) is 3.13. The summed E-state index contributed by atoms with van der Waals surface area (Å²) in [7, 11) is 2.00. The molecule has 0 spiro atoms. The topological polar surface area (TPSA) is 53.6 Å². The van der Waals surface area contributed by atoms with Crippen molar-refractivity contribution in [3.63, 3.8) is 0 Å². The maximum atomic E-state index is 12.5. The maximum Gasteiger partial charge on any atom is 0.254 e. The highest BCUT2D eigenvalue weighted by atomic mass is 16.5. The molecule has 1 fully saturated rings. The number of nitrogens with one attached hydrogen (secondary N) is 2. The molecule has 0 unspecified atom stereocenters. The van der Waals surface area contributed by atoms with Crippen LogP contribution in [-0.2, 0) is 9.53 Å². The highest BCUT2D eigenvalue weighted by Crippen LogP contribution is 2.26. The van der Waals surface area contributed by atoms with Gasteiger partial charge in [-0.2, -0.15) is 0 Å². The van der Waals surface area contributed by atoms with E-state index in [9.17, 15) is 4.79 Å². The number of para-hydroxylation sites is 2. The number of anilines is 2. The Morgan fingerprint density at radius 1 is 1.12 bits per heavy atom. The number of nitrogens with zero attached hydrogens (tertiary/aromatic N) is 1. The van der Waals surface area contributed by atoms with Gasteiger partial charge in [0.1, 0.15) is 6.10 Å². The lowest BCUT2D eigenvalue weighted by molar-refractivity contribution is -0.132. The smallest absolute Gasteiger partial charge is 0.254 e.